The first-order chi connectivity index (χ1) is 27.5. The lowest BCUT2D eigenvalue weighted by molar-refractivity contribution is -0.870. The van der Waals surface area contributed by atoms with Crippen molar-refractivity contribution in [3.8, 4) is 0 Å². The highest BCUT2D eigenvalue weighted by atomic mass is 31.2. The number of carbonyl (C=O) groups is 1. The molecule has 0 aliphatic carbocycles. The van der Waals surface area contributed by atoms with E-state index in [9.17, 15) is 19.4 Å². The molecule has 0 radical (unpaired) electrons. The monoisotopic (exact) mass is 824 g/mol. The Bertz CT molecular complexity index is 1070. The molecule has 0 aromatic heterocycles. The van der Waals surface area contributed by atoms with E-state index in [1.54, 1.807) is 0 Å². The second-order valence-corrected chi connectivity index (χ2v) is 18.6. The number of allylic oxidation sites excluding steroid dienone is 8. The van der Waals surface area contributed by atoms with Gasteiger partial charge in [-0.2, -0.15) is 0 Å². The average molecular weight is 824 g/mol. The Morgan fingerprint density at radius 3 is 1.54 bits per heavy atom. The quantitative estimate of drug-likeness (QED) is 0.0245. The zero-order chi connectivity index (χ0) is 42.1. The molecule has 0 aliphatic heterocycles. The summed E-state index contributed by atoms with van der Waals surface area (Å²) in [6, 6.07) is -0.765. The number of nitrogens with zero attached hydrogens (tertiary/aromatic N) is 1. The van der Waals surface area contributed by atoms with Gasteiger partial charge in [0.05, 0.1) is 39.9 Å². The predicted molar refractivity (Wildman–Crippen MR) is 244 cm³/mol. The van der Waals surface area contributed by atoms with Crippen LogP contribution in [0.3, 0.4) is 0 Å². The zero-order valence-electron chi connectivity index (χ0n) is 37.8. The van der Waals surface area contributed by atoms with Gasteiger partial charge in [0.25, 0.3) is 0 Å². The molecule has 0 aromatic carbocycles. The van der Waals surface area contributed by atoms with E-state index in [0.29, 0.717) is 23.9 Å². The Balaban J connectivity index is 4.32. The smallest absolute Gasteiger partial charge is 0.391 e. The number of likely N-dealkylation sites (N-methyl/N-ethyl adjacent to an activating group) is 1. The van der Waals surface area contributed by atoms with Crippen LogP contribution in [0.1, 0.15) is 200 Å². The lowest BCUT2D eigenvalue weighted by atomic mass is 10.0. The van der Waals surface area contributed by atoms with Crippen molar-refractivity contribution >= 4 is 13.7 Å². The van der Waals surface area contributed by atoms with Crippen LogP contribution in [0.2, 0.25) is 0 Å². The van der Waals surface area contributed by atoms with E-state index in [2.05, 4.69) is 67.8 Å². The van der Waals surface area contributed by atoms with Crippen molar-refractivity contribution in [3.05, 3.63) is 48.6 Å². The summed E-state index contributed by atoms with van der Waals surface area (Å²) in [4.78, 5) is 23.2. The number of hydrogen-bond donors (Lipinski definition) is 3. The summed E-state index contributed by atoms with van der Waals surface area (Å²) in [5.74, 6) is -0.154. The summed E-state index contributed by atoms with van der Waals surface area (Å²) in [5, 5.41) is 14.0. The topological polar surface area (TPSA) is 105 Å². The first kappa shape index (κ1) is 55.5. The number of quaternary nitrogens is 1. The van der Waals surface area contributed by atoms with Gasteiger partial charge < -0.3 is 19.8 Å². The summed E-state index contributed by atoms with van der Waals surface area (Å²) in [6.07, 6.45) is 49.9. The molecule has 0 aromatic rings. The zero-order valence-corrected chi connectivity index (χ0v) is 38.7. The van der Waals surface area contributed by atoms with Crippen LogP contribution < -0.4 is 5.32 Å². The molecule has 3 N–H and O–H groups in total. The average Bonchev–Trinajstić information content (AvgIpc) is 3.16. The minimum Gasteiger partial charge on any atom is -0.391 e. The van der Waals surface area contributed by atoms with Crippen LogP contribution in [0.25, 0.3) is 0 Å². The number of phosphoric acid groups is 1. The molecule has 57 heavy (non-hydrogen) atoms. The Labute approximate surface area is 352 Å². The van der Waals surface area contributed by atoms with Gasteiger partial charge in [0.2, 0.25) is 5.91 Å². The lowest BCUT2D eigenvalue weighted by Gasteiger charge is -2.26. The van der Waals surface area contributed by atoms with Crippen LogP contribution in [0.15, 0.2) is 48.6 Å². The molecule has 8 nitrogen and oxygen atoms in total. The first-order valence-corrected chi connectivity index (χ1v) is 25.0. The van der Waals surface area contributed by atoms with E-state index in [-0.39, 0.29) is 19.1 Å². The molecule has 0 heterocycles. The summed E-state index contributed by atoms with van der Waals surface area (Å²) in [7, 11) is 1.60. The van der Waals surface area contributed by atoms with Crippen LogP contribution in [-0.4, -0.2) is 73.4 Å². The fourth-order valence-corrected chi connectivity index (χ4v) is 7.36. The molecule has 3 unspecified atom stereocenters. The van der Waals surface area contributed by atoms with Crippen molar-refractivity contribution in [2.24, 2.45) is 0 Å². The van der Waals surface area contributed by atoms with Gasteiger partial charge in [-0.1, -0.05) is 191 Å². The van der Waals surface area contributed by atoms with E-state index < -0.39 is 20.0 Å². The van der Waals surface area contributed by atoms with E-state index in [0.717, 1.165) is 70.6 Å². The van der Waals surface area contributed by atoms with E-state index >= 15 is 0 Å². The van der Waals surface area contributed by atoms with Crippen molar-refractivity contribution in [1.82, 2.24) is 5.32 Å². The second kappa shape index (κ2) is 39.9. The molecule has 0 saturated heterocycles. The number of hydrogen-bond acceptors (Lipinski definition) is 5. The second-order valence-electron chi connectivity index (χ2n) is 17.1. The number of amides is 1. The van der Waals surface area contributed by atoms with Crippen molar-refractivity contribution < 1.29 is 32.9 Å². The third-order valence-electron chi connectivity index (χ3n) is 10.3. The molecule has 0 saturated carbocycles. The molecule has 0 bridgehead atoms. The van der Waals surface area contributed by atoms with Gasteiger partial charge in [-0.25, -0.2) is 4.57 Å². The fraction of sp³-hybridized carbons (Fsp3) is 0.812. The van der Waals surface area contributed by atoms with Gasteiger partial charge in [-0.15, -0.1) is 0 Å². The number of carbonyl (C=O) groups excluding carboxylic acids is 1. The summed E-state index contributed by atoms with van der Waals surface area (Å²) in [6.45, 7) is 4.76. The maximum Gasteiger partial charge on any atom is 0.472 e. The van der Waals surface area contributed by atoms with Gasteiger partial charge in [-0.3, -0.25) is 13.8 Å². The first-order valence-electron chi connectivity index (χ1n) is 23.5. The van der Waals surface area contributed by atoms with Crippen molar-refractivity contribution in [2.75, 3.05) is 40.9 Å². The summed E-state index contributed by atoms with van der Waals surface area (Å²) < 4.78 is 23.6. The Kier molecular flexibility index (Phi) is 38.8. The Hall–Kier alpha value is -1.54. The summed E-state index contributed by atoms with van der Waals surface area (Å²) >= 11 is 0. The number of unbranched alkanes of at least 4 members (excludes halogenated alkanes) is 21. The molecule has 0 spiro atoms. The minimum absolute atomic E-state index is 0.0714. The molecule has 334 valence electrons. The normalized spacial score (nSPS) is 14.7. The molecule has 0 rings (SSSR count). The van der Waals surface area contributed by atoms with Gasteiger partial charge in [0, 0.05) is 6.42 Å². The number of rotatable bonds is 42. The van der Waals surface area contributed by atoms with Crippen molar-refractivity contribution in [3.63, 3.8) is 0 Å². The highest BCUT2D eigenvalue weighted by Crippen LogP contribution is 2.43. The lowest BCUT2D eigenvalue weighted by Crippen LogP contribution is -2.46. The standard InChI is InChI=1S/C48H91N2O6P/c1-6-8-10-12-14-16-18-20-22-23-24-25-26-27-28-30-32-34-36-38-40-42-48(52)49-46(45-56-57(53,54)55-44-43-50(3,4)5)47(51)41-39-37-35-33-31-29-21-19-17-15-13-11-9-7-2/h8,10,14,16,20,22,24-25,46-47,51H,6-7,9,11-13,15,17-19,21,23,26-45H2,1-5H3,(H-,49,52,53,54)/p+1/b10-8-,16-14-,22-20-,25-24-. The highest BCUT2D eigenvalue weighted by molar-refractivity contribution is 7.47. The van der Waals surface area contributed by atoms with E-state index in [4.69, 9.17) is 9.05 Å². The highest BCUT2D eigenvalue weighted by Gasteiger charge is 2.28. The maximum absolute atomic E-state index is 12.9. The largest absolute Gasteiger partial charge is 0.472 e. The van der Waals surface area contributed by atoms with Crippen LogP contribution in [0.5, 0.6) is 0 Å². The Morgan fingerprint density at radius 1 is 0.614 bits per heavy atom. The van der Waals surface area contributed by atoms with Crippen molar-refractivity contribution in [2.45, 2.75) is 212 Å². The SMILES string of the molecule is CC/C=C\C/C=C\C/C=C\C/C=C\CCCCCCCCCCC(=O)NC(COP(=O)(O)OCC[N+](C)(C)C)C(O)CCCCCCCCCCCCCCCC. The van der Waals surface area contributed by atoms with Gasteiger partial charge in [0.1, 0.15) is 13.2 Å². The predicted octanol–water partition coefficient (Wildman–Crippen LogP) is 13.2. The van der Waals surface area contributed by atoms with Gasteiger partial charge in [-0.05, 0) is 51.4 Å². The van der Waals surface area contributed by atoms with E-state index in [1.165, 1.54) is 103 Å². The van der Waals surface area contributed by atoms with Crippen LogP contribution in [0, 0.1) is 0 Å². The third-order valence-corrected chi connectivity index (χ3v) is 11.3. The van der Waals surface area contributed by atoms with Crippen LogP contribution in [0.4, 0.5) is 0 Å². The van der Waals surface area contributed by atoms with E-state index in [1.807, 2.05) is 21.1 Å². The number of aliphatic hydroxyl groups is 1. The molecule has 3 atom stereocenters. The van der Waals surface area contributed by atoms with Crippen LogP contribution >= 0.6 is 7.82 Å². The molecule has 0 aliphatic rings. The van der Waals surface area contributed by atoms with Gasteiger partial charge >= 0.3 is 7.82 Å². The minimum atomic E-state index is -4.32. The van der Waals surface area contributed by atoms with Gasteiger partial charge in [0.15, 0.2) is 0 Å². The molecular weight excluding hydrogens is 732 g/mol. The molecular formula is C48H92N2O6P+. The molecule has 0 fully saturated rings. The molecule has 9 heteroatoms. The fourth-order valence-electron chi connectivity index (χ4n) is 6.62. The Morgan fingerprint density at radius 2 is 1.05 bits per heavy atom. The van der Waals surface area contributed by atoms with Crippen LogP contribution in [-0.2, 0) is 18.4 Å². The van der Waals surface area contributed by atoms with Crippen molar-refractivity contribution in [1.29, 1.82) is 0 Å². The summed E-state index contributed by atoms with van der Waals surface area (Å²) in [5.41, 5.74) is 0. The molecule has 1 amide bonds. The number of aliphatic hydroxyl groups excluding tert-OH is 1. The number of phosphoric ester groups is 1. The number of nitrogens with one attached hydrogen (secondary N) is 1. The third kappa shape index (κ3) is 42.4. The maximum atomic E-state index is 12.9.